The third-order valence-electron chi connectivity index (χ3n) is 1.64. The lowest BCUT2D eigenvalue weighted by Crippen LogP contribution is -2.33. The van der Waals surface area contributed by atoms with Crippen LogP contribution in [0, 0.1) is 0 Å². The van der Waals surface area contributed by atoms with Gasteiger partial charge in [-0.15, -0.1) is 0 Å². The first kappa shape index (κ1) is 12.4. The smallest absolute Gasteiger partial charge is 0.188 e. The summed E-state index contributed by atoms with van der Waals surface area (Å²) in [5, 5.41) is 3.03. The number of nitrogens with two attached hydrogens (primary N) is 1. The minimum atomic E-state index is -0.823. The van der Waals surface area contributed by atoms with Crippen LogP contribution in [0.5, 0.6) is 0 Å². The van der Waals surface area contributed by atoms with Gasteiger partial charge in [0.15, 0.2) is 5.96 Å². The Morgan fingerprint density at radius 2 is 2.31 bits per heavy atom. The first-order valence-corrected chi connectivity index (χ1v) is 6.06. The molecule has 0 aliphatic rings. The van der Waals surface area contributed by atoms with Crippen molar-refractivity contribution in [1.29, 1.82) is 0 Å². The Bertz CT molecular complexity index is 194. The molecule has 0 aromatic rings. The maximum Gasteiger partial charge on any atom is 0.188 e. The molecule has 0 fully saturated rings. The SMILES string of the molecule is CCCNC(N)=NCC(C)S(C)=O. The summed E-state index contributed by atoms with van der Waals surface area (Å²) in [6, 6.07) is 0. The van der Waals surface area contributed by atoms with Crippen molar-refractivity contribution < 1.29 is 4.21 Å². The molecule has 0 aromatic heterocycles. The van der Waals surface area contributed by atoms with Crippen molar-refractivity contribution >= 4 is 16.8 Å². The predicted octanol–water partition coefficient (Wildman–Crippen LogP) is 0.0677. The first-order chi connectivity index (χ1) is 6.07. The number of nitrogens with one attached hydrogen (secondary N) is 1. The molecule has 2 unspecified atom stereocenters. The molecule has 0 saturated carbocycles. The van der Waals surface area contributed by atoms with Crippen molar-refractivity contribution in [2.45, 2.75) is 25.5 Å². The van der Waals surface area contributed by atoms with E-state index in [0.717, 1.165) is 13.0 Å². The van der Waals surface area contributed by atoms with E-state index in [1.54, 1.807) is 6.26 Å². The van der Waals surface area contributed by atoms with Gasteiger partial charge in [-0.05, 0) is 13.3 Å². The fourth-order valence-corrected chi connectivity index (χ4v) is 0.925. The highest BCUT2D eigenvalue weighted by Gasteiger charge is 2.04. The highest BCUT2D eigenvalue weighted by atomic mass is 32.2. The van der Waals surface area contributed by atoms with E-state index in [1.165, 1.54) is 0 Å². The van der Waals surface area contributed by atoms with Crippen LogP contribution in [0.1, 0.15) is 20.3 Å². The molecule has 0 aromatic carbocycles. The Kier molecular flexibility index (Phi) is 6.58. The Morgan fingerprint density at radius 1 is 1.69 bits per heavy atom. The lowest BCUT2D eigenvalue weighted by atomic mass is 10.5. The monoisotopic (exact) mass is 205 g/mol. The van der Waals surface area contributed by atoms with Gasteiger partial charge in [0.05, 0.1) is 11.8 Å². The number of hydrogen-bond acceptors (Lipinski definition) is 2. The molecular formula is C8H19N3OS. The van der Waals surface area contributed by atoms with E-state index in [2.05, 4.69) is 17.2 Å². The molecule has 5 heteroatoms. The summed E-state index contributed by atoms with van der Waals surface area (Å²) in [7, 11) is -0.823. The second kappa shape index (κ2) is 6.88. The van der Waals surface area contributed by atoms with Gasteiger partial charge in [0, 0.05) is 23.6 Å². The molecule has 4 nitrogen and oxygen atoms in total. The summed E-state index contributed by atoms with van der Waals surface area (Å²) in [6.07, 6.45) is 2.70. The van der Waals surface area contributed by atoms with Crippen LogP contribution in [-0.2, 0) is 10.8 Å². The maximum atomic E-state index is 11.0. The summed E-state index contributed by atoms with van der Waals surface area (Å²) in [6.45, 7) is 5.31. The Labute approximate surface area is 82.5 Å². The lowest BCUT2D eigenvalue weighted by molar-refractivity contribution is 0.677. The third-order valence-corrected chi connectivity index (χ3v) is 2.92. The lowest BCUT2D eigenvalue weighted by Gasteiger charge is -2.06. The van der Waals surface area contributed by atoms with Crippen molar-refractivity contribution in [3.63, 3.8) is 0 Å². The quantitative estimate of drug-likeness (QED) is 0.493. The molecule has 0 saturated heterocycles. The zero-order valence-electron chi connectivity index (χ0n) is 8.54. The molecule has 3 N–H and O–H groups in total. The second-order valence-corrected chi connectivity index (χ2v) is 4.76. The Balaban J connectivity index is 3.75. The van der Waals surface area contributed by atoms with Crippen LogP contribution in [0.25, 0.3) is 0 Å². The second-order valence-electron chi connectivity index (χ2n) is 2.96. The van der Waals surface area contributed by atoms with E-state index >= 15 is 0 Å². The highest BCUT2D eigenvalue weighted by Crippen LogP contribution is 1.92. The number of nitrogens with zero attached hydrogens (tertiary/aromatic N) is 1. The molecule has 78 valence electrons. The van der Waals surface area contributed by atoms with E-state index < -0.39 is 10.8 Å². The number of guanidine groups is 1. The molecule has 0 spiro atoms. The summed E-state index contributed by atoms with van der Waals surface area (Å²) < 4.78 is 11.0. The zero-order chi connectivity index (χ0) is 10.3. The van der Waals surface area contributed by atoms with E-state index in [4.69, 9.17) is 5.73 Å². The molecule has 0 aliphatic heterocycles. The van der Waals surface area contributed by atoms with Gasteiger partial charge in [-0.3, -0.25) is 9.20 Å². The Morgan fingerprint density at radius 3 is 2.77 bits per heavy atom. The number of aliphatic imine (C=N–C) groups is 1. The Hall–Kier alpha value is -0.580. The van der Waals surface area contributed by atoms with Crippen LogP contribution in [-0.4, -0.2) is 34.8 Å². The van der Waals surface area contributed by atoms with Crippen molar-refractivity contribution in [2.24, 2.45) is 10.7 Å². The van der Waals surface area contributed by atoms with Crippen LogP contribution < -0.4 is 11.1 Å². The summed E-state index contributed by atoms with van der Waals surface area (Å²) in [5.41, 5.74) is 5.55. The van der Waals surface area contributed by atoms with Crippen molar-refractivity contribution in [3.05, 3.63) is 0 Å². The topological polar surface area (TPSA) is 67.5 Å². The molecular weight excluding hydrogens is 186 g/mol. The molecule has 0 amide bonds. The molecule has 0 bridgehead atoms. The van der Waals surface area contributed by atoms with E-state index in [9.17, 15) is 4.21 Å². The van der Waals surface area contributed by atoms with Crippen LogP contribution in [0.2, 0.25) is 0 Å². The highest BCUT2D eigenvalue weighted by molar-refractivity contribution is 7.84. The van der Waals surface area contributed by atoms with Crippen molar-refractivity contribution in [1.82, 2.24) is 5.32 Å². The molecule has 0 heterocycles. The zero-order valence-corrected chi connectivity index (χ0v) is 9.36. The van der Waals surface area contributed by atoms with Gasteiger partial charge in [0.25, 0.3) is 0 Å². The van der Waals surface area contributed by atoms with E-state index in [1.807, 2.05) is 6.92 Å². The number of rotatable bonds is 5. The molecule has 0 rings (SSSR count). The van der Waals surface area contributed by atoms with Crippen LogP contribution in [0.3, 0.4) is 0 Å². The van der Waals surface area contributed by atoms with Gasteiger partial charge in [-0.25, -0.2) is 0 Å². The van der Waals surface area contributed by atoms with Crippen LogP contribution in [0.4, 0.5) is 0 Å². The van der Waals surface area contributed by atoms with Gasteiger partial charge in [0.1, 0.15) is 0 Å². The fraction of sp³-hybridized carbons (Fsp3) is 0.875. The fourth-order valence-electron chi connectivity index (χ4n) is 0.641. The summed E-state index contributed by atoms with van der Waals surface area (Å²) in [4.78, 5) is 4.07. The first-order valence-electron chi connectivity index (χ1n) is 4.44. The minimum absolute atomic E-state index is 0.0713. The summed E-state index contributed by atoms with van der Waals surface area (Å²) in [5.74, 6) is 0.444. The number of hydrogen-bond donors (Lipinski definition) is 2. The van der Waals surface area contributed by atoms with Gasteiger partial charge >= 0.3 is 0 Å². The minimum Gasteiger partial charge on any atom is -0.370 e. The van der Waals surface area contributed by atoms with Crippen LogP contribution >= 0.6 is 0 Å². The van der Waals surface area contributed by atoms with Crippen molar-refractivity contribution in [2.75, 3.05) is 19.3 Å². The standard InChI is InChI=1S/C8H19N3OS/c1-4-5-10-8(9)11-6-7(2)13(3)12/h7H,4-6H2,1-3H3,(H3,9,10,11). The third kappa shape index (κ3) is 6.57. The maximum absolute atomic E-state index is 11.0. The average molecular weight is 205 g/mol. The molecule has 0 radical (unpaired) electrons. The molecule has 13 heavy (non-hydrogen) atoms. The largest absolute Gasteiger partial charge is 0.370 e. The predicted molar refractivity (Wildman–Crippen MR) is 58.3 cm³/mol. The molecule has 0 aliphatic carbocycles. The average Bonchev–Trinajstić information content (AvgIpc) is 2.10. The van der Waals surface area contributed by atoms with E-state index in [0.29, 0.717) is 12.5 Å². The normalized spacial score (nSPS) is 16.7. The van der Waals surface area contributed by atoms with Crippen molar-refractivity contribution in [3.8, 4) is 0 Å². The van der Waals surface area contributed by atoms with Gasteiger partial charge in [-0.2, -0.15) is 0 Å². The van der Waals surface area contributed by atoms with Gasteiger partial charge in [-0.1, -0.05) is 6.92 Å². The van der Waals surface area contributed by atoms with Gasteiger partial charge < -0.3 is 11.1 Å². The van der Waals surface area contributed by atoms with E-state index in [-0.39, 0.29) is 5.25 Å². The van der Waals surface area contributed by atoms with Gasteiger partial charge in [0.2, 0.25) is 0 Å². The molecule has 2 atom stereocenters. The summed E-state index contributed by atoms with van der Waals surface area (Å²) >= 11 is 0. The van der Waals surface area contributed by atoms with Crippen LogP contribution in [0.15, 0.2) is 4.99 Å².